The molecule has 1 atom stereocenters. The summed E-state index contributed by atoms with van der Waals surface area (Å²) in [6.45, 7) is 11.3. The van der Waals surface area contributed by atoms with Crippen LogP contribution >= 0.6 is 0 Å². The molecular weight excluding hydrogens is 438 g/mol. The second-order valence-electron chi connectivity index (χ2n) is 10.1. The Kier molecular flexibility index (Phi) is 11.1. The first-order valence-electron chi connectivity index (χ1n) is 13.5. The van der Waals surface area contributed by atoms with Crippen LogP contribution in [-0.4, -0.2) is 61.3 Å². The molecule has 6 heteroatoms. The van der Waals surface area contributed by atoms with E-state index in [2.05, 4.69) is 60.6 Å². The molecule has 1 aromatic rings. The summed E-state index contributed by atoms with van der Waals surface area (Å²) in [5.41, 5.74) is 4.44. The summed E-state index contributed by atoms with van der Waals surface area (Å²) in [4.78, 5) is 14.9. The van der Waals surface area contributed by atoms with Gasteiger partial charge in [0.15, 0.2) is 0 Å². The minimum absolute atomic E-state index is 0.0892. The first kappa shape index (κ1) is 27.3. The number of aliphatic hydroxyl groups excluding tert-OH is 1. The van der Waals surface area contributed by atoms with Gasteiger partial charge in [-0.2, -0.15) is 0 Å². The SMILES string of the molecule is CC/C=C\CCC1=C(CC(C)Nc2ccc(OCCCN3CCC(CO)CC3)cc2C)C(=O)NC1. The second-order valence-corrected chi connectivity index (χ2v) is 10.1. The van der Waals surface area contributed by atoms with Crippen LogP contribution in [0.15, 0.2) is 41.5 Å². The van der Waals surface area contributed by atoms with Crippen molar-refractivity contribution in [1.82, 2.24) is 10.2 Å². The van der Waals surface area contributed by atoms with Gasteiger partial charge in [-0.3, -0.25) is 4.79 Å². The third-order valence-electron chi connectivity index (χ3n) is 7.14. The molecule has 3 N–H and O–H groups in total. The van der Waals surface area contributed by atoms with Crippen LogP contribution in [0.4, 0.5) is 5.69 Å². The zero-order valence-corrected chi connectivity index (χ0v) is 21.9. The zero-order valence-electron chi connectivity index (χ0n) is 21.9. The van der Waals surface area contributed by atoms with Gasteiger partial charge in [0.25, 0.3) is 0 Å². The van der Waals surface area contributed by atoms with E-state index in [0.29, 0.717) is 25.7 Å². The van der Waals surface area contributed by atoms with E-state index in [1.54, 1.807) is 0 Å². The Morgan fingerprint density at radius 3 is 2.80 bits per heavy atom. The normalized spacial score (nSPS) is 18.3. The van der Waals surface area contributed by atoms with Crippen LogP contribution in [0.2, 0.25) is 0 Å². The number of likely N-dealkylation sites (tertiary alicyclic amines) is 1. The Hall–Kier alpha value is -2.31. The molecule has 6 nitrogen and oxygen atoms in total. The third-order valence-corrected chi connectivity index (χ3v) is 7.14. The molecule has 2 heterocycles. The summed E-state index contributed by atoms with van der Waals surface area (Å²) in [7, 11) is 0. The molecule has 0 saturated carbocycles. The predicted octanol–water partition coefficient (Wildman–Crippen LogP) is 4.83. The van der Waals surface area contributed by atoms with E-state index in [-0.39, 0.29) is 11.9 Å². The molecule has 2 aliphatic heterocycles. The fraction of sp³-hybridized carbons (Fsp3) is 0.621. The molecule has 0 aromatic heterocycles. The molecule has 1 aromatic carbocycles. The molecule has 1 saturated heterocycles. The van der Waals surface area contributed by atoms with Crippen LogP contribution in [0.5, 0.6) is 5.75 Å². The van der Waals surface area contributed by atoms with Crippen LogP contribution in [0.1, 0.15) is 64.4 Å². The zero-order chi connectivity index (χ0) is 25.0. The fourth-order valence-electron chi connectivity index (χ4n) is 4.96. The van der Waals surface area contributed by atoms with Crippen molar-refractivity contribution in [3.05, 3.63) is 47.1 Å². The molecule has 35 heavy (non-hydrogen) atoms. The van der Waals surface area contributed by atoms with Crippen LogP contribution < -0.4 is 15.4 Å². The molecule has 1 unspecified atom stereocenters. The van der Waals surface area contributed by atoms with Crippen molar-refractivity contribution < 1.29 is 14.6 Å². The van der Waals surface area contributed by atoms with Crippen molar-refractivity contribution in [3.63, 3.8) is 0 Å². The van der Waals surface area contributed by atoms with Crippen molar-refractivity contribution in [3.8, 4) is 5.75 Å². The number of benzene rings is 1. The van der Waals surface area contributed by atoms with Crippen LogP contribution in [-0.2, 0) is 4.79 Å². The Morgan fingerprint density at radius 1 is 1.29 bits per heavy atom. The average Bonchev–Trinajstić information content (AvgIpc) is 3.20. The summed E-state index contributed by atoms with van der Waals surface area (Å²) >= 11 is 0. The molecule has 3 rings (SSSR count). The highest BCUT2D eigenvalue weighted by atomic mass is 16.5. The van der Waals surface area contributed by atoms with Crippen molar-refractivity contribution in [2.45, 2.75) is 71.8 Å². The van der Waals surface area contributed by atoms with Crippen molar-refractivity contribution in [2.75, 3.05) is 44.7 Å². The lowest BCUT2D eigenvalue weighted by Crippen LogP contribution is -2.35. The van der Waals surface area contributed by atoms with Gasteiger partial charge in [0.05, 0.1) is 6.61 Å². The van der Waals surface area contributed by atoms with Crippen molar-refractivity contribution in [2.24, 2.45) is 5.92 Å². The number of aliphatic hydroxyl groups is 1. The number of piperidine rings is 1. The van der Waals surface area contributed by atoms with E-state index >= 15 is 0 Å². The first-order chi connectivity index (χ1) is 17.0. The van der Waals surface area contributed by atoms with Gasteiger partial charge in [-0.05, 0) is 107 Å². The van der Waals surface area contributed by atoms with Crippen molar-refractivity contribution in [1.29, 1.82) is 0 Å². The standard InChI is InChI=1S/C29H45N3O3/c1-4-5-6-7-9-25-20-30-29(34)27(25)19-23(3)31-28-11-10-26(18-22(28)2)35-17-8-14-32-15-12-24(21-33)13-16-32/h5-6,10-11,18,23-24,31,33H,4,7-9,12-17,19-21H2,1-3H3,(H,30,34)/b6-5-. The van der Waals surface area contributed by atoms with Crippen LogP contribution in [0, 0.1) is 12.8 Å². The van der Waals surface area contributed by atoms with E-state index in [9.17, 15) is 9.90 Å². The maximum atomic E-state index is 12.4. The number of carbonyl (C=O) groups excluding carboxylic acids is 1. The van der Waals surface area contributed by atoms with E-state index in [0.717, 1.165) is 87.2 Å². The highest BCUT2D eigenvalue weighted by Crippen LogP contribution is 2.26. The summed E-state index contributed by atoms with van der Waals surface area (Å²) in [6.07, 6.45) is 11.3. The molecule has 194 valence electrons. The Bertz CT molecular complexity index is 872. The van der Waals surface area contributed by atoms with Gasteiger partial charge in [0.1, 0.15) is 5.75 Å². The van der Waals surface area contributed by atoms with Crippen molar-refractivity contribution >= 4 is 11.6 Å². The Balaban J connectivity index is 1.43. The predicted molar refractivity (Wildman–Crippen MR) is 144 cm³/mol. The lowest BCUT2D eigenvalue weighted by Gasteiger charge is -2.30. The number of aryl methyl sites for hydroxylation is 1. The smallest absolute Gasteiger partial charge is 0.247 e. The lowest BCUT2D eigenvalue weighted by molar-refractivity contribution is -0.116. The van der Waals surface area contributed by atoms with Crippen LogP contribution in [0.25, 0.3) is 0 Å². The second kappa shape index (κ2) is 14.3. The lowest BCUT2D eigenvalue weighted by atomic mass is 9.98. The van der Waals surface area contributed by atoms with Gasteiger partial charge in [-0.25, -0.2) is 0 Å². The molecule has 0 radical (unpaired) electrons. The number of nitrogens with one attached hydrogen (secondary N) is 2. The van der Waals surface area contributed by atoms with Gasteiger partial charge < -0.3 is 25.4 Å². The molecule has 0 spiro atoms. The van der Waals surface area contributed by atoms with E-state index in [1.165, 1.54) is 5.57 Å². The molecule has 1 amide bonds. The number of hydrogen-bond donors (Lipinski definition) is 3. The Morgan fingerprint density at radius 2 is 2.09 bits per heavy atom. The van der Waals surface area contributed by atoms with Gasteiger partial charge >= 0.3 is 0 Å². The monoisotopic (exact) mass is 483 g/mol. The van der Waals surface area contributed by atoms with Gasteiger partial charge in [0.2, 0.25) is 5.91 Å². The number of anilines is 1. The van der Waals surface area contributed by atoms with Gasteiger partial charge in [-0.1, -0.05) is 19.1 Å². The molecule has 2 aliphatic rings. The fourth-order valence-corrected chi connectivity index (χ4v) is 4.96. The minimum atomic E-state index is 0.0892. The molecular formula is C29H45N3O3. The molecule has 0 bridgehead atoms. The third kappa shape index (κ3) is 8.69. The molecule has 0 aliphatic carbocycles. The summed E-state index contributed by atoms with van der Waals surface area (Å²) < 4.78 is 6.01. The van der Waals surface area contributed by atoms with Gasteiger partial charge in [-0.15, -0.1) is 0 Å². The van der Waals surface area contributed by atoms with E-state index in [1.807, 2.05) is 6.07 Å². The number of hydrogen-bond acceptors (Lipinski definition) is 5. The number of allylic oxidation sites excluding steroid dienone is 2. The summed E-state index contributed by atoms with van der Waals surface area (Å²) in [5, 5.41) is 15.9. The largest absolute Gasteiger partial charge is 0.494 e. The van der Waals surface area contributed by atoms with E-state index in [4.69, 9.17) is 4.74 Å². The maximum absolute atomic E-state index is 12.4. The Labute approximate surface area is 211 Å². The average molecular weight is 484 g/mol. The van der Waals surface area contributed by atoms with Crippen LogP contribution in [0.3, 0.4) is 0 Å². The number of amides is 1. The number of nitrogens with zero attached hydrogens (tertiary/aromatic N) is 1. The summed E-state index contributed by atoms with van der Waals surface area (Å²) in [5.74, 6) is 1.48. The number of ether oxygens (including phenoxy) is 1. The summed E-state index contributed by atoms with van der Waals surface area (Å²) in [6, 6.07) is 6.37. The highest BCUT2D eigenvalue weighted by Gasteiger charge is 2.23. The number of rotatable bonds is 14. The highest BCUT2D eigenvalue weighted by molar-refractivity contribution is 5.97. The molecule has 1 fully saturated rings. The number of carbonyl (C=O) groups is 1. The minimum Gasteiger partial charge on any atom is -0.494 e. The first-order valence-corrected chi connectivity index (χ1v) is 13.5. The van der Waals surface area contributed by atoms with Gasteiger partial charge in [0, 0.05) is 37.0 Å². The quantitative estimate of drug-likeness (QED) is 0.261. The topological polar surface area (TPSA) is 73.8 Å². The van der Waals surface area contributed by atoms with E-state index < -0.39 is 0 Å². The maximum Gasteiger partial charge on any atom is 0.247 e.